The van der Waals surface area contributed by atoms with E-state index in [1.165, 1.54) is 23.5 Å². The number of urea groups is 1. The monoisotopic (exact) mass is 567 g/mol. The predicted octanol–water partition coefficient (Wildman–Crippen LogP) is 5.53. The van der Waals surface area contributed by atoms with Crippen LogP contribution in [0.1, 0.15) is 46.8 Å². The number of fused-ring (bicyclic) bond motifs is 1. The van der Waals surface area contributed by atoms with Gasteiger partial charge in [-0.05, 0) is 68.8 Å². The van der Waals surface area contributed by atoms with E-state index in [1.807, 2.05) is 6.92 Å². The molecule has 0 aliphatic carbocycles. The Bertz CT molecular complexity index is 1460. The Hall–Kier alpha value is -4.19. The molecule has 1 unspecified atom stereocenters. The molecule has 2 aliphatic heterocycles. The molecular formula is C29H32F3N7O2. The summed E-state index contributed by atoms with van der Waals surface area (Å²) in [5.74, 6) is 0.302. The lowest BCUT2D eigenvalue weighted by atomic mass is 10.1. The molecule has 1 atom stereocenters. The molecule has 41 heavy (non-hydrogen) atoms. The highest BCUT2D eigenvalue weighted by Gasteiger charge is 2.33. The van der Waals surface area contributed by atoms with Gasteiger partial charge in [-0.15, -0.1) is 0 Å². The third kappa shape index (κ3) is 5.97. The summed E-state index contributed by atoms with van der Waals surface area (Å²) in [5, 5.41) is 5.97. The Morgan fingerprint density at radius 1 is 1.17 bits per heavy atom. The van der Waals surface area contributed by atoms with Crippen LogP contribution in [0.4, 0.5) is 41.1 Å². The number of nitrogens with one attached hydrogen (secondary N) is 2. The van der Waals surface area contributed by atoms with Crippen LogP contribution in [0.15, 0.2) is 48.7 Å². The lowest BCUT2D eigenvalue weighted by molar-refractivity contribution is -0.137. The summed E-state index contributed by atoms with van der Waals surface area (Å²) in [7, 11) is 1.65. The molecule has 2 aromatic carbocycles. The number of alkyl halides is 3. The van der Waals surface area contributed by atoms with Crippen LogP contribution >= 0.6 is 0 Å². The standard InChI is InChI=1S/C29H32F3N7O2/c1-4-38-12-6-9-23(38)16-34-27-33-15-20-17-39(28(41)37(3)25(20)36-27)24-14-22(11-10-18(24)2)35-26(40)19-7-5-8-21(13-19)29(30,31)32/h5,7-8,10-11,13-15,23H,4,6,9,12,16-17H2,1-3H3,(H,35,40)(H,33,34,36). The molecule has 2 aliphatic rings. The van der Waals surface area contributed by atoms with Crippen molar-refractivity contribution in [3.63, 3.8) is 0 Å². The zero-order chi connectivity index (χ0) is 29.3. The molecule has 0 radical (unpaired) electrons. The molecule has 0 saturated carbocycles. The van der Waals surface area contributed by atoms with E-state index in [9.17, 15) is 22.8 Å². The van der Waals surface area contributed by atoms with Crippen molar-refractivity contribution in [2.75, 3.05) is 47.1 Å². The van der Waals surface area contributed by atoms with Gasteiger partial charge in [0.15, 0.2) is 0 Å². The fraction of sp³-hybridized carbons (Fsp3) is 0.379. The van der Waals surface area contributed by atoms with E-state index >= 15 is 0 Å². The van der Waals surface area contributed by atoms with Gasteiger partial charge in [-0.2, -0.15) is 18.2 Å². The summed E-state index contributed by atoms with van der Waals surface area (Å²) in [6, 6.07) is 9.36. The third-order valence-corrected chi connectivity index (χ3v) is 7.62. The minimum atomic E-state index is -4.56. The first-order chi connectivity index (χ1) is 19.5. The minimum Gasteiger partial charge on any atom is -0.353 e. The van der Waals surface area contributed by atoms with E-state index < -0.39 is 17.6 Å². The van der Waals surface area contributed by atoms with Crippen molar-refractivity contribution in [2.24, 2.45) is 0 Å². The second-order valence-electron chi connectivity index (χ2n) is 10.3. The Balaban J connectivity index is 1.32. The number of hydrogen-bond donors (Lipinski definition) is 2. The van der Waals surface area contributed by atoms with Gasteiger partial charge >= 0.3 is 12.2 Å². The Kier molecular flexibility index (Phi) is 7.85. The molecule has 1 saturated heterocycles. The molecule has 0 bridgehead atoms. The molecule has 5 rings (SSSR count). The van der Waals surface area contributed by atoms with E-state index in [0.717, 1.165) is 49.3 Å². The number of halogens is 3. The molecule has 216 valence electrons. The third-order valence-electron chi connectivity index (χ3n) is 7.62. The van der Waals surface area contributed by atoms with Crippen LogP contribution in [0.2, 0.25) is 0 Å². The number of carbonyl (C=O) groups is 2. The van der Waals surface area contributed by atoms with Gasteiger partial charge in [0.1, 0.15) is 5.82 Å². The molecular weight excluding hydrogens is 535 g/mol. The summed E-state index contributed by atoms with van der Waals surface area (Å²) in [6.45, 7) is 7.03. The largest absolute Gasteiger partial charge is 0.416 e. The number of likely N-dealkylation sites (N-methyl/N-ethyl adjacent to an activating group) is 1. The number of nitrogens with zero attached hydrogens (tertiary/aromatic N) is 5. The highest BCUT2D eigenvalue weighted by Crippen LogP contribution is 2.34. The van der Waals surface area contributed by atoms with E-state index in [1.54, 1.807) is 36.3 Å². The first kappa shape index (κ1) is 28.3. The van der Waals surface area contributed by atoms with Crippen molar-refractivity contribution in [1.82, 2.24) is 14.9 Å². The van der Waals surface area contributed by atoms with Crippen LogP contribution in [0.5, 0.6) is 0 Å². The van der Waals surface area contributed by atoms with Gasteiger partial charge in [-0.3, -0.25) is 19.5 Å². The molecule has 3 heterocycles. The van der Waals surface area contributed by atoms with Gasteiger partial charge in [0.2, 0.25) is 5.95 Å². The summed E-state index contributed by atoms with van der Waals surface area (Å²) in [6.07, 6.45) is -0.551. The predicted molar refractivity (Wildman–Crippen MR) is 151 cm³/mol. The number of likely N-dealkylation sites (tertiary alicyclic amines) is 1. The number of benzene rings is 2. The van der Waals surface area contributed by atoms with Gasteiger partial charge in [0, 0.05) is 42.6 Å². The molecule has 12 heteroatoms. The Morgan fingerprint density at radius 2 is 1.98 bits per heavy atom. The van der Waals surface area contributed by atoms with E-state index in [-0.39, 0.29) is 18.1 Å². The van der Waals surface area contributed by atoms with Crippen LogP contribution in [0, 0.1) is 6.92 Å². The van der Waals surface area contributed by atoms with Crippen molar-refractivity contribution in [3.8, 4) is 0 Å². The van der Waals surface area contributed by atoms with Crippen LogP contribution < -0.4 is 20.4 Å². The first-order valence-corrected chi connectivity index (χ1v) is 13.5. The average molecular weight is 568 g/mol. The lowest BCUT2D eigenvalue weighted by Gasteiger charge is -2.35. The molecule has 0 spiro atoms. The minimum absolute atomic E-state index is 0.124. The molecule has 1 fully saturated rings. The van der Waals surface area contributed by atoms with Crippen LogP contribution in [0.25, 0.3) is 0 Å². The normalized spacial score (nSPS) is 17.5. The van der Waals surface area contributed by atoms with E-state index in [2.05, 4.69) is 32.4 Å². The number of amides is 3. The van der Waals surface area contributed by atoms with Gasteiger partial charge in [-0.25, -0.2) is 9.78 Å². The molecule has 9 nitrogen and oxygen atoms in total. The molecule has 2 N–H and O–H groups in total. The number of hydrogen-bond acceptors (Lipinski definition) is 6. The summed E-state index contributed by atoms with van der Waals surface area (Å²) >= 11 is 0. The number of aryl methyl sites for hydroxylation is 1. The maximum absolute atomic E-state index is 13.5. The zero-order valence-corrected chi connectivity index (χ0v) is 23.1. The quantitative estimate of drug-likeness (QED) is 0.390. The lowest BCUT2D eigenvalue weighted by Crippen LogP contribution is -2.46. The highest BCUT2D eigenvalue weighted by molar-refractivity contribution is 6.07. The summed E-state index contributed by atoms with van der Waals surface area (Å²) in [5.41, 5.74) is 1.41. The SMILES string of the molecule is CCN1CCCC1CNc1ncc2c(n1)N(C)C(=O)N(c1cc(NC(=O)c3cccc(C(F)(F)F)c3)ccc1C)C2. The van der Waals surface area contributed by atoms with Gasteiger partial charge in [-0.1, -0.05) is 19.1 Å². The molecule has 3 aromatic rings. The number of carbonyl (C=O) groups excluding carboxylic acids is 2. The van der Waals surface area contributed by atoms with Crippen molar-refractivity contribution in [2.45, 2.75) is 45.5 Å². The van der Waals surface area contributed by atoms with Crippen LogP contribution in [-0.4, -0.2) is 59.5 Å². The van der Waals surface area contributed by atoms with E-state index in [0.29, 0.717) is 29.2 Å². The smallest absolute Gasteiger partial charge is 0.353 e. The topological polar surface area (TPSA) is 93.7 Å². The first-order valence-electron chi connectivity index (χ1n) is 13.5. The highest BCUT2D eigenvalue weighted by atomic mass is 19.4. The van der Waals surface area contributed by atoms with E-state index in [4.69, 9.17) is 0 Å². The number of rotatable bonds is 7. The second-order valence-corrected chi connectivity index (χ2v) is 10.3. The van der Waals surface area contributed by atoms with Crippen LogP contribution in [-0.2, 0) is 12.7 Å². The number of anilines is 4. The van der Waals surface area contributed by atoms with Crippen molar-refractivity contribution < 1.29 is 22.8 Å². The maximum atomic E-state index is 13.5. The molecule has 3 amide bonds. The van der Waals surface area contributed by atoms with Crippen molar-refractivity contribution >= 4 is 35.1 Å². The van der Waals surface area contributed by atoms with Crippen molar-refractivity contribution in [3.05, 3.63) is 70.9 Å². The fourth-order valence-electron chi connectivity index (χ4n) is 5.35. The summed E-state index contributed by atoms with van der Waals surface area (Å²) < 4.78 is 39.3. The molecule has 1 aromatic heterocycles. The summed E-state index contributed by atoms with van der Waals surface area (Å²) in [4.78, 5) is 40.8. The average Bonchev–Trinajstić information content (AvgIpc) is 3.42. The Morgan fingerprint density at radius 3 is 2.73 bits per heavy atom. The van der Waals surface area contributed by atoms with Gasteiger partial charge in [0.25, 0.3) is 5.91 Å². The Labute approximate surface area is 236 Å². The number of aromatic nitrogens is 2. The second kappa shape index (κ2) is 11.4. The van der Waals surface area contributed by atoms with Gasteiger partial charge < -0.3 is 10.6 Å². The van der Waals surface area contributed by atoms with Crippen LogP contribution in [0.3, 0.4) is 0 Å². The van der Waals surface area contributed by atoms with Crippen molar-refractivity contribution in [1.29, 1.82) is 0 Å². The maximum Gasteiger partial charge on any atom is 0.416 e. The fourth-order valence-corrected chi connectivity index (χ4v) is 5.35. The zero-order valence-electron chi connectivity index (χ0n) is 23.1. The van der Waals surface area contributed by atoms with Gasteiger partial charge in [0.05, 0.1) is 17.8 Å².